The Hall–Kier alpha value is -0.930. The van der Waals surface area contributed by atoms with Gasteiger partial charge in [0.25, 0.3) is 0 Å². The molecule has 3 atom stereocenters. The molecule has 2 N–H and O–H groups in total. The SMILES string of the molecule is Cc1ccc(C(C)N[C@@H]2CCCC[C@H]2O)cc1F. The van der Waals surface area contributed by atoms with Gasteiger partial charge in [0.05, 0.1) is 6.10 Å². The molecule has 1 fully saturated rings. The average Bonchev–Trinajstić information content (AvgIpc) is 2.35. The van der Waals surface area contributed by atoms with Gasteiger partial charge in [-0.15, -0.1) is 0 Å². The van der Waals surface area contributed by atoms with Gasteiger partial charge in [0.1, 0.15) is 5.82 Å². The van der Waals surface area contributed by atoms with Crippen LogP contribution < -0.4 is 5.32 Å². The van der Waals surface area contributed by atoms with E-state index in [1.165, 1.54) is 0 Å². The minimum Gasteiger partial charge on any atom is -0.392 e. The zero-order valence-electron chi connectivity index (χ0n) is 11.1. The van der Waals surface area contributed by atoms with E-state index < -0.39 is 0 Å². The number of benzene rings is 1. The molecule has 2 rings (SSSR count). The molecular formula is C15H22FNO. The second kappa shape index (κ2) is 5.81. The molecule has 100 valence electrons. The first-order valence-corrected chi connectivity index (χ1v) is 6.78. The summed E-state index contributed by atoms with van der Waals surface area (Å²) in [4.78, 5) is 0. The lowest BCUT2D eigenvalue weighted by Gasteiger charge is -2.31. The van der Waals surface area contributed by atoms with E-state index >= 15 is 0 Å². The van der Waals surface area contributed by atoms with Crippen LogP contribution in [0.15, 0.2) is 18.2 Å². The van der Waals surface area contributed by atoms with E-state index in [1.54, 1.807) is 19.1 Å². The highest BCUT2D eigenvalue weighted by Gasteiger charge is 2.24. The predicted octanol–water partition coefficient (Wildman–Crippen LogP) is 3.09. The van der Waals surface area contributed by atoms with Gasteiger partial charge in [-0.1, -0.05) is 25.0 Å². The van der Waals surface area contributed by atoms with Crippen molar-refractivity contribution < 1.29 is 9.50 Å². The van der Waals surface area contributed by atoms with Crippen LogP contribution in [0.1, 0.15) is 49.8 Å². The van der Waals surface area contributed by atoms with Gasteiger partial charge in [0.15, 0.2) is 0 Å². The van der Waals surface area contributed by atoms with Gasteiger partial charge in [-0.25, -0.2) is 4.39 Å². The fourth-order valence-electron chi connectivity index (χ4n) is 2.60. The molecule has 3 heteroatoms. The number of aliphatic hydroxyl groups excluding tert-OH is 1. The molecule has 0 bridgehead atoms. The molecule has 1 unspecified atom stereocenters. The quantitative estimate of drug-likeness (QED) is 0.865. The third-order valence-corrected chi connectivity index (χ3v) is 3.89. The molecule has 1 aliphatic rings. The van der Waals surface area contributed by atoms with Crippen LogP contribution >= 0.6 is 0 Å². The van der Waals surface area contributed by atoms with Crippen molar-refractivity contribution in [1.82, 2.24) is 5.32 Å². The van der Waals surface area contributed by atoms with E-state index in [2.05, 4.69) is 5.32 Å². The first-order chi connectivity index (χ1) is 8.58. The summed E-state index contributed by atoms with van der Waals surface area (Å²) in [6.07, 6.45) is 3.86. The maximum Gasteiger partial charge on any atom is 0.126 e. The molecule has 1 aromatic rings. The number of hydrogen-bond acceptors (Lipinski definition) is 2. The number of hydrogen-bond donors (Lipinski definition) is 2. The minimum atomic E-state index is -0.267. The third-order valence-electron chi connectivity index (χ3n) is 3.89. The highest BCUT2D eigenvalue weighted by Crippen LogP contribution is 2.23. The molecule has 0 amide bonds. The van der Waals surface area contributed by atoms with Gasteiger partial charge in [-0.3, -0.25) is 0 Å². The lowest BCUT2D eigenvalue weighted by atomic mass is 9.91. The van der Waals surface area contributed by atoms with Crippen molar-refractivity contribution in [2.75, 3.05) is 0 Å². The number of nitrogens with one attached hydrogen (secondary N) is 1. The van der Waals surface area contributed by atoms with Crippen molar-refractivity contribution in [3.05, 3.63) is 35.1 Å². The van der Waals surface area contributed by atoms with Crippen molar-refractivity contribution >= 4 is 0 Å². The molecule has 1 saturated carbocycles. The number of rotatable bonds is 3. The Morgan fingerprint density at radius 2 is 2.06 bits per heavy atom. The summed E-state index contributed by atoms with van der Waals surface area (Å²) in [6, 6.07) is 5.55. The summed E-state index contributed by atoms with van der Waals surface area (Å²) in [6.45, 7) is 3.79. The number of halogens is 1. The van der Waals surface area contributed by atoms with E-state index in [9.17, 15) is 9.50 Å². The second-order valence-corrected chi connectivity index (χ2v) is 5.36. The number of aliphatic hydroxyl groups is 1. The van der Waals surface area contributed by atoms with Gasteiger partial charge < -0.3 is 10.4 Å². The number of aryl methyl sites for hydroxylation is 1. The predicted molar refractivity (Wildman–Crippen MR) is 71.0 cm³/mol. The van der Waals surface area contributed by atoms with Gasteiger partial charge in [0.2, 0.25) is 0 Å². The standard InChI is InChI=1S/C15H22FNO/c1-10-7-8-12(9-13(10)16)11(2)17-14-5-3-4-6-15(14)18/h7-9,11,14-15,17-18H,3-6H2,1-2H3/t11?,14-,15-/m1/s1. The summed E-state index contributed by atoms with van der Waals surface area (Å²) in [5.74, 6) is -0.162. The second-order valence-electron chi connectivity index (χ2n) is 5.36. The molecule has 0 aromatic heterocycles. The van der Waals surface area contributed by atoms with Gasteiger partial charge >= 0.3 is 0 Å². The van der Waals surface area contributed by atoms with Gasteiger partial charge in [-0.2, -0.15) is 0 Å². The highest BCUT2D eigenvalue weighted by molar-refractivity contribution is 5.25. The van der Waals surface area contributed by atoms with Crippen LogP contribution in [0.3, 0.4) is 0 Å². The van der Waals surface area contributed by atoms with E-state index in [-0.39, 0.29) is 24.0 Å². The molecular weight excluding hydrogens is 229 g/mol. The van der Waals surface area contributed by atoms with Gasteiger partial charge in [-0.05, 0) is 43.9 Å². The molecule has 1 aliphatic carbocycles. The van der Waals surface area contributed by atoms with Crippen LogP contribution in [0.25, 0.3) is 0 Å². The molecule has 2 nitrogen and oxygen atoms in total. The Labute approximate surface area is 108 Å². The average molecular weight is 251 g/mol. The molecule has 0 saturated heterocycles. The van der Waals surface area contributed by atoms with Crippen LogP contribution in [0.4, 0.5) is 4.39 Å². The first-order valence-electron chi connectivity index (χ1n) is 6.78. The fourth-order valence-corrected chi connectivity index (χ4v) is 2.60. The van der Waals surface area contributed by atoms with E-state index in [1.807, 2.05) is 13.0 Å². The Morgan fingerprint density at radius 3 is 2.72 bits per heavy atom. The first kappa shape index (κ1) is 13.5. The lowest BCUT2D eigenvalue weighted by molar-refractivity contribution is 0.0859. The monoisotopic (exact) mass is 251 g/mol. The Morgan fingerprint density at radius 1 is 1.33 bits per heavy atom. The van der Waals surface area contributed by atoms with Crippen LogP contribution in [0.2, 0.25) is 0 Å². The van der Waals surface area contributed by atoms with E-state index in [0.29, 0.717) is 5.56 Å². The molecule has 18 heavy (non-hydrogen) atoms. The molecule has 1 aromatic carbocycles. The van der Waals surface area contributed by atoms with Crippen LogP contribution in [0.5, 0.6) is 0 Å². The zero-order chi connectivity index (χ0) is 13.1. The Kier molecular flexibility index (Phi) is 4.36. The normalized spacial score (nSPS) is 26.0. The van der Waals surface area contributed by atoms with Crippen LogP contribution in [-0.4, -0.2) is 17.3 Å². The summed E-state index contributed by atoms with van der Waals surface area (Å²) in [7, 11) is 0. The highest BCUT2D eigenvalue weighted by atomic mass is 19.1. The van der Waals surface area contributed by atoms with Gasteiger partial charge in [0, 0.05) is 12.1 Å². The Balaban J connectivity index is 2.02. The van der Waals surface area contributed by atoms with Crippen molar-refractivity contribution in [3.8, 4) is 0 Å². The maximum atomic E-state index is 13.5. The van der Waals surface area contributed by atoms with Crippen molar-refractivity contribution in [1.29, 1.82) is 0 Å². The Bertz CT molecular complexity index is 407. The smallest absolute Gasteiger partial charge is 0.126 e. The molecule has 0 radical (unpaired) electrons. The topological polar surface area (TPSA) is 32.3 Å². The summed E-state index contributed by atoms with van der Waals surface area (Å²) in [5, 5.41) is 13.3. The molecule has 0 heterocycles. The van der Waals surface area contributed by atoms with E-state index in [0.717, 1.165) is 31.2 Å². The van der Waals surface area contributed by atoms with Crippen molar-refractivity contribution in [3.63, 3.8) is 0 Å². The summed E-state index contributed by atoms with van der Waals surface area (Å²) in [5.41, 5.74) is 1.61. The molecule has 0 spiro atoms. The lowest BCUT2D eigenvalue weighted by Crippen LogP contribution is -2.43. The fraction of sp³-hybridized carbons (Fsp3) is 0.600. The summed E-state index contributed by atoms with van der Waals surface area (Å²) >= 11 is 0. The zero-order valence-corrected chi connectivity index (χ0v) is 11.1. The van der Waals surface area contributed by atoms with Crippen molar-refractivity contribution in [2.45, 2.75) is 57.7 Å². The van der Waals surface area contributed by atoms with Crippen LogP contribution in [0, 0.1) is 12.7 Å². The van der Waals surface area contributed by atoms with Crippen molar-refractivity contribution in [2.24, 2.45) is 0 Å². The minimum absolute atomic E-state index is 0.0675. The van der Waals surface area contributed by atoms with Crippen LogP contribution in [-0.2, 0) is 0 Å². The van der Waals surface area contributed by atoms with E-state index in [4.69, 9.17) is 0 Å². The molecule has 0 aliphatic heterocycles. The maximum absolute atomic E-state index is 13.5. The summed E-state index contributed by atoms with van der Waals surface area (Å²) < 4.78 is 13.5. The largest absolute Gasteiger partial charge is 0.392 e. The third kappa shape index (κ3) is 3.09.